The second-order valence-electron chi connectivity index (χ2n) is 4.60. The number of hydrogen-bond donors (Lipinski definition) is 6. The van der Waals surface area contributed by atoms with Crippen LogP contribution in [0.5, 0.6) is 0 Å². The van der Waals surface area contributed by atoms with E-state index in [2.05, 4.69) is 18.2 Å². The predicted molar refractivity (Wildman–Crippen MR) is 93.3 cm³/mol. The van der Waals surface area contributed by atoms with Crippen molar-refractivity contribution >= 4 is 22.7 Å². The van der Waals surface area contributed by atoms with Gasteiger partial charge >= 0.3 is 11.9 Å². The van der Waals surface area contributed by atoms with Gasteiger partial charge in [0, 0.05) is 25.7 Å². The molecule has 2 aromatic rings. The van der Waals surface area contributed by atoms with Gasteiger partial charge < -0.3 is 33.1 Å². The van der Waals surface area contributed by atoms with Crippen LogP contribution in [0.1, 0.15) is 11.6 Å². The van der Waals surface area contributed by atoms with Gasteiger partial charge in [-0.2, -0.15) is 0 Å². The number of hydrogen-bond acceptors (Lipinski definition) is 6. The van der Waals surface area contributed by atoms with Crippen molar-refractivity contribution in [3.8, 4) is 0 Å². The van der Waals surface area contributed by atoms with Crippen LogP contribution in [0, 0.1) is 0 Å². The second kappa shape index (κ2) is 12.0. The Balaban J connectivity index is 0.000000443. The zero-order valence-corrected chi connectivity index (χ0v) is 13.3. The molecule has 8 nitrogen and oxygen atoms in total. The summed E-state index contributed by atoms with van der Waals surface area (Å²) in [6, 6.07) is 14.3. The first-order chi connectivity index (χ1) is 11.4. The Kier molecular flexibility index (Phi) is 10.7. The van der Waals surface area contributed by atoms with Gasteiger partial charge in [0.1, 0.15) is 0 Å². The molecule has 24 heavy (non-hydrogen) atoms. The molecule has 1 unspecified atom stereocenters. The minimum atomic E-state index is -1.82. The van der Waals surface area contributed by atoms with Crippen LogP contribution in [0.4, 0.5) is 0 Å². The lowest BCUT2D eigenvalue weighted by Gasteiger charge is -2.12. The van der Waals surface area contributed by atoms with Crippen LogP contribution in [-0.4, -0.2) is 41.8 Å². The highest BCUT2D eigenvalue weighted by atomic mass is 16.4. The summed E-state index contributed by atoms with van der Waals surface area (Å²) in [7, 11) is 0. The van der Waals surface area contributed by atoms with Gasteiger partial charge in [-0.3, -0.25) is 0 Å². The van der Waals surface area contributed by atoms with Crippen LogP contribution in [0.3, 0.4) is 0 Å². The zero-order chi connectivity index (χ0) is 18.5. The number of carboxylic acid groups (broad SMARTS) is 2. The van der Waals surface area contributed by atoms with Gasteiger partial charge in [0.15, 0.2) is 0 Å². The van der Waals surface area contributed by atoms with E-state index in [0.717, 1.165) is 5.56 Å². The van der Waals surface area contributed by atoms with Crippen LogP contribution in [0.25, 0.3) is 10.8 Å². The summed E-state index contributed by atoms with van der Waals surface area (Å²) in [5.41, 5.74) is 22.4. The van der Waals surface area contributed by atoms with Crippen molar-refractivity contribution in [1.29, 1.82) is 0 Å². The van der Waals surface area contributed by atoms with E-state index in [1.807, 2.05) is 24.3 Å². The number of carbonyl (C=O) groups is 2. The van der Waals surface area contributed by atoms with Crippen molar-refractivity contribution in [3.63, 3.8) is 0 Å². The first-order valence-electron chi connectivity index (χ1n) is 7.18. The molecule has 0 heterocycles. The lowest BCUT2D eigenvalue weighted by Crippen LogP contribution is -2.20. The molecule has 2 rings (SSSR count). The molecule has 0 aliphatic heterocycles. The normalized spacial score (nSPS) is 10.7. The molecule has 0 saturated heterocycles. The quantitative estimate of drug-likeness (QED) is 0.419. The minimum Gasteiger partial charge on any atom is -0.473 e. The van der Waals surface area contributed by atoms with E-state index < -0.39 is 11.9 Å². The third-order valence-electron chi connectivity index (χ3n) is 2.83. The zero-order valence-electron chi connectivity index (χ0n) is 13.3. The molecule has 1 atom stereocenters. The molecule has 132 valence electrons. The van der Waals surface area contributed by atoms with Gasteiger partial charge in [0.2, 0.25) is 0 Å². The smallest absolute Gasteiger partial charge is 0.414 e. The average Bonchev–Trinajstić information content (AvgIpc) is 2.61. The average molecular weight is 336 g/mol. The van der Waals surface area contributed by atoms with Crippen molar-refractivity contribution < 1.29 is 19.8 Å². The maximum absolute atomic E-state index is 9.10. The number of aliphatic carboxylic acids is 2. The molecule has 10 N–H and O–H groups in total. The molecule has 0 aliphatic rings. The van der Waals surface area contributed by atoms with E-state index in [-0.39, 0.29) is 6.04 Å². The predicted octanol–water partition coefficient (Wildman–Crippen LogP) is -0.142. The Morgan fingerprint density at radius 1 is 0.875 bits per heavy atom. The Morgan fingerprint density at radius 2 is 1.38 bits per heavy atom. The first-order valence-corrected chi connectivity index (χ1v) is 7.18. The number of fused-ring (bicyclic) bond motifs is 1. The highest BCUT2D eigenvalue weighted by molar-refractivity contribution is 6.27. The van der Waals surface area contributed by atoms with Crippen molar-refractivity contribution in [2.24, 2.45) is 22.9 Å². The van der Waals surface area contributed by atoms with E-state index in [0.29, 0.717) is 19.6 Å². The summed E-state index contributed by atoms with van der Waals surface area (Å²) >= 11 is 0. The lowest BCUT2D eigenvalue weighted by molar-refractivity contribution is -0.159. The van der Waals surface area contributed by atoms with Gasteiger partial charge in [-0.15, -0.1) is 0 Å². The number of benzene rings is 2. The van der Waals surface area contributed by atoms with E-state index in [1.165, 1.54) is 10.8 Å². The van der Waals surface area contributed by atoms with Gasteiger partial charge in [0.25, 0.3) is 0 Å². The largest absolute Gasteiger partial charge is 0.473 e. The van der Waals surface area contributed by atoms with Crippen LogP contribution in [0.2, 0.25) is 0 Å². The van der Waals surface area contributed by atoms with Gasteiger partial charge in [-0.25, -0.2) is 9.59 Å². The molecule has 0 aliphatic carbocycles. The molecular formula is C16H24N4O4. The molecule has 0 spiro atoms. The molecule has 2 aromatic carbocycles. The number of carboxylic acids is 2. The van der Waals surface area contributed by atoms with E-state index in [1.54, 1.807) is 0 Å². The summed E-state index contributed by atoms with van der Waals surface area (Å²) in [6.45, 7) is 1.67. The highest BCUT2D eigenvalue weighted by Crippen LogP contribution is 2.22. The van der Waals surface area contributed by atoms with Gasteiger partial charge in [-0.1, -0.05) is 42.5 Å². The third kappa shape index (κ3) is 7.65. The standard InChI is InChI=1S/C12H14N2.C2H8N2.C2H2O4/c13-8-12(14)11-7-3-5-9-4-1-2-6-10(9)11;3-1-2-4;3-1(4)2(5)6/h1-7,12H,8,13-14H2;1-4H2;(H,3,4)(H,5,6). The summed E-state index contributed by atoms with van der Waals surface area (Å²) < 4.78 is 0. The Labute approximate surface area is 140 Å². The number of rotatable bonds is 3. The Bertz CT molecular complexity index is 630. The van der Waals surface area contributed by atoms with Crippen molar-refractivity contribution in [3.05, 3.63) is 48.0 Å². The minimum absolute atomic E-state index is 0.0684. The second-order valence-corrected chi connectivity index (χ2v) is 4.60. The molecule has 0 aromatic heterocycles. The third-order valence-corrected chi connectivity index (χ3v) is 2.83. The molecule has 0 bridgehead atoms. The summed E-state index contributed by atoms with van der Waals surface area (Å²) in [5, 5.41) is 17.2. The van der Waals surface area contributed by atoms with Gasteiger partial charge in [-0.05, 0) is 16.3 Å². The van der Waals surface area contributed by atoms with Crippen LogP contribution in [-0.2, 0) is 9.59 Å². The van der Waals surface area contributed by atoms with E-state index >= 15 is 0 Å². The van der Waals surface area contributed by atoms with Crippen molar-refractivity contribution in [2.45, 2.75) is 6.04 Å². The molecule has 0 radical (unpaired) electrons. The van der Waals surface area contributed by atoms with Crippen LogP contribution >= 0.6 is 0 Å². The monoisotopic (exact) mass is 336 g/mol. The molecule has 0 fully saturated rings. The fourth-order valence-corrected chi connectivity index (χ4v) is 1.70. The topological polar surface area (TPSA) is 179 Å². The molecule has 8 heteroatoms. The van der Waals surface area contributed by atoms with Crippen LogP contribution < -0.4 is 22.9 Å². The fourth-order valence-electron chi connectivity index (χ4n) is 1.70. The van der Waals surface area contributed by atoms with Crippen molar-refractivity contribution in [1.82, 2.24) is 0 Å². The summed E-state index contributed by atoms with van der Waals surface area (Å²) in [6.07, 6.45) is 0. The lowest BCUT2D eigenvalue weighted by atomic mass is 9.99. The fraction of sp³-hybridized carbons (Fsp3) is 0.250. The highest BCUT2D eigenvalue weighted by Gasteiger charge is 2.06. The Morgan fingerprint density at radius 3 is 1.83 bits per heavy atom. The summed E-state index contributed by atoms with van der Waals surface area (Å²) in [4.78, 5) is 18.2. The Hall–Kier alpha value is -2.52. The van der Waals surface area contributed by atoms with Crippen LogP contribution in [0.15, 0.2) is 42.5 Å². The number of nitrogens with two attached hydrogens (primary N) is 4. The first kappa shape index (κ1) is 21.5. The maximum Gasteiger partial charge on any atom is 0.414 e. The molecule has 0 saturated carbocycles. The maximum atomic E-state index is 9.10. The van der Waals surface area contributed by atoms with E-state index in [4.69, 9.17) is 42.7 Å². The SMILES string of the molecule is NCC(N)c1cccc2ccccc12.NCCN.O=C(O)C(=O)O. The van der Waals surface area contributed by atoms with E-state index in [9.17, 15) is 0 Å². The van der Waals surface area contributed by atoms with Gasteiger partial charge in [0.05, 0.1) is 0 Å². The molecule has 0 amide bonds. The molecular weight excluding hydrogens is 312 g/mol. The summed E-state index contributed by atoms with van der Waals surface area (Å²) in [5.74, 6) is -3.65. The van der Waals surface area contributed by atoms with Crippen molar-refractivity contribution in [2.75, 3.05) is 19.6 Å².